The van der Waals surface area contributed by atoms with Gasteiger partial charge in [0.25, 0.3) is 11.5 Å². The summed E-state index contributed by atoms with van der Waals surface area (Å²) in [6.07, 6.45) is -4.34. The summed E-state index contributed by atoms with van der Waals surface area (Å²) in [5.41, 5.74) is 7.25. The van der Waals surface area contributed by atoms with E-state index in [0.29, 0.717) is 37.2 Å². The highest BCUT2D eigenvalue weighted by Gasteiger charge is 2.29. The van der Waals surface area contributed by atoms with E-state index in [1.165, 1.54) is 4.57 Å². The fourth-order valence-corrected chi connectivity index (χ4v) is 3.67. The number of hydrogen-bond donors (Lipinski definition) is 4. The normalized spacial score (nSPS) is 18.2. The number of aromatic nitrogens is 2. The first-order valence-corrected chi connectivity index (χ1v) is 10.4. The molecule has 2 aromatic rings. The zero-order valence-corrected chi connectivity index (χ0v) is 18.2. The van der Waals surface area contributed by atoms with Crippen LogP contribution in [0.2, 0.25) is 0 Å². The number of amides is 1. The minimum Gasteiger partial charge on any atom is -0.389 e. The van der Waals surface area contributed by atoms with Gasteiger partial charge >= 0.3 is 0 Å². The average molecular weight is 434 g/mol. The molecular formula is C21H31N5O5. The molecule has 10 heteroatoms. The molecule has 1 aromatic carbocycles. The number of carbonyl (C=O) groups is 1. The summed E-state index contributed by atoms with van der Waals surface area (Å²) >= 11 is 0. The van der Waals surface area contributed by atoms with E-state index < -0.39 is 29.8 Å². The van der Waals surface area contributed by atoms with Crippen LogP contribution < -0.4 is 11.3 Å². The number of likely N-dealkylation sites (N-methyl/N-ethyl adjacent to an activating group) is 1. The summed E-state index contributed by atoms with van der Waals surface area (Å²) in [4.78, 5) is 34.5. The minimum absolute atomic E-state index is 0.221. The highest BCUT2D eigenvalue weighted by Crippen LogP contribution is 2.19. The van der Waals surface area contributed by atoms with E-state index in [-0.39, 0.29) is 18.8 Å². The van der Waals surface area contributed by atoms with Crippen LogP contribution in [-0.4, -0.2) is 98.7 Å². The van der Waals surface area contributed by atoms with Crippen molar-refractivity contribution in [3.63, 3.8) is 0 Å². The van der Waals surface area contributed by atoms with Gasteiger partial charge in [-0.1, -0.05) is 0 Å². The van der Waals surface area contributed by atoms with Crippen LogP contribution in [0.1, 0.15) is 21.6 Å². The second kappa shape index (κ2) is 9.41. The van der Waals surface area contributed by atoms with Crippen molar-refractivity contribution in [3.05, 3.63) is 39.3 Å². The summed E-state index contributed by atoms with van der Waals surface area (Å²) in [7, 11) is 1.97. The molecule has 5 N–H and O–H groups in total. The molecule has 3 atom stereocenters. The van der Waals surface area contributed by atoms with E-state index in [0.717, 1.165) is 11.1 Å². The molecule has 1 amide bonds. The summed E-state index contributed by atoms with van der Waals surface area (Å²) in [6, 6.07) is 3.56. The molecule has 0 aliphatic carbocycles. The predicted octanol–water partition coefficient (Wildman–Crippen LogP) is -1.56. The molecule has 0 bridgehead atoms. The zero-order chi connectivity index (χ0) is 22.9. The molecular weight excluding hydrogens is 402 g/mol. The Balaban J connectivity index is 2.08. The van der Waals surface area contributed by atoms with Crippen LogP contribution in [0.4, 0.5) is 0 Å². The van der Waals surface area contributed by atoms with Gasteiger partial charge in [0.2, 0.25) is 0 Å². The van der Waals surface area contributed by atoms with E-state index in [1.807, 2.05) is 20.9 Å². The molecule has 170 valence electrons. The molecule has 1 aromatic heterocycles. The molecule has 1 fully saturated rings. The first kappa shape index (κ1) is 23.3. The summed E-state index contributed by atoms with van der Waals surface area (Å²) in [5, 5.41) is 30.3. The Kier molecular flexibility index (Phi) is 7.07. The van der Waals surface area contributed by atoms with Gasteiger partial charge in [0.05, 0.1) is 23.7 Å². The number of carbonyl (C=O) groups excluding carboxylic acids is 1. The number of aryl methyl sites for hydroxylation is 2. The molecule has 2 heterocycles. The lowest BCUT2D eigenvalue weighted by atomic mass is 10.1. The van der Waals surface area contributed by atoms with Crippen LogP contribution in [0.5, 0.6) is 0 Å². The average Bonchev–Trinajstić information content (AvgIpc) is 2.75. The van der Waals surface area contributed by atoms with Crippen molar-refractivity contribution in [1.82, 2.24) is 19.4 Å². The van der Waals surface area contributed by atoms with Crippen LogP contribution >= 0.6 is 0 Å². The molecule has 31 heavy (non-hydrogen) atoms. The molecule has 0 radical (unpaired) electrons. The summed E-state index contributed by atoms with van der Waals surface area (Å²) in [6.45, 7) is 5.62. The molecule has 1 aliphatic rings. The SMILES string of the molecule is Cc1cc2nc(C(=O)N3CCN(C)CC3)c(=O)n(C[C@H](O)[C@H](O)[C@H](O)CN)c2cc1C. The van der Waals surface area contributed by atoms with E-state index >= 15 is 0 Å². The lowest BCUT2D eigenvalue weighted by molar-refractivity contribution is -0.0605. The van der Waals surface area contributed by atoms with Crippen molar-refractivity contribution in [2.24, 2.45) is 5.73 Å². The van der Waals surface area contributed by atoms with Gasteiger partial charge < -0.3 is 35.4 Å². The Morgan fingerprint density at radius 3 is 2.32 bits per heavy atom. The second-order valence-electron chi connectivity index (χ2n) is 8.26. The first-order valence-electron chi connectivity index (χ1n) is 10.4. The highest BCUT2D eigenvalue weighted by molar-refractivity contribution is 5.94. The number of nitrogens with two attached hydrogens (primary N) is 1. The molecule has 3 rings (SSSR count). The Labute approximate surface area is 180 Å². The molecule has 1 aliphatic heterocycles. The highest BCUT2D eigenvalue weighted by atomic mass is 16.4. The quantitative estimate of drug-likeness (QED) is 0.428. The largest absolute Gasteiger partial charge is 0.389 e. The topological polar surface area (TPSA) is 145 Å². The van der Waals surface area contributed by atoms with Crippen LogP contribution in [-0.2, 0) is 6.54 Å². The van der Waals surface area contributed by atoms with Crippen LogP contribution in [0.25, 0.3) is 11.0 Å². The molecule has 0 spiro atoms. The Morgan fingerprint density at radius 2 is 1.71 bits per heavy atom. The number of aliphatic hydroxyl groups is 3. The van der Waals surface area contributed by atoms with E-state index in [2.05, 4.69) is 9.88 Å². The number of benzene rings is 1. The number of hydrogen-bond acceptors (Lipinski definition) is 8. The number of nitrogens with zero attached hydrogens (tertiary/aromatic N) is 4. The van der Waals surface area contributed by atoms with Crippen molar-refractivity contribution < 1.29 is 20.1 Å². The number of rotatable bonds is 6. The van der Waals surface area contributed by atoms with Crippen LogP contribution in [0, 0.1) is 13.8 Å². The molecule has 0 unspecified atom stereocenters. The zero-order valence-electron chi connectivity index (χ0n) is 18.2. The van der Waals surface area contributed by atoms with E-state index in [9.17, 15) is 24.9 Å². The van der Waals surface area contributed by atoms with Crippen LogP contribution in [0.3, 0.4) is 0 Å². The standard InChI is InChI=1S/C21H31N5O5/c1-12-8-14-15(9-13(12)2)26(11-17(28)19(29)16(27)10-22)21(31)18(23-14)20(30)25-6-4-24(3)5-7-25/h8-9,16-17,19,27-29H,4-7,10-11,22H2,1-3H3/t16-,17+,19-/m1/s1. The molecule has 1 saturated heterocycles. The molecule has 0 saturated carbocycles. The smallest absolute Gasteiger partial charge is 0.282 e. The third-order valence-electron chi connectivity index (χ3n) is 5.95. The van der Waals surface area contributed by atoms with Crippen molar-refractivity contribution in [1.29, 1.82) is 0 Å². The lowest BCUT2D eigenvalue weighted by Crippen LogP contribution is -2.49. The van der Waals surface area contributed by atoms with Gasteiger partial charge in [0, 0.05) is 32.7 Å². The third-order valence-corrected chi connectivity index (χ3v) is 5.95. The van der Waals surface area contributed by atoms with Gasteiger partial charge in [-0.3, -0.25) is 9.59 Å². The minimum atomic E-state index is -1.54. The Morgan fingerprint density at radius 1 is 1.10 bits per heavy atom. The van der Waals surface area contributed by atoms with Crippen molar-refractivity contribution in [3.8, 4) is 0 Å². The van der Waals surface area contributed by atoms with Crippen molar-refractivity contribution in [2.45, 2.75) is 38.7 Å². The van der Waals surface area contributed by atoms with Gasteiger partial charge in [0.15, 0.2) is 5.69 Å². The predicted molar refractivity (Wildman–Crippen MR) is 116 cm³/mol. The van der Waals surface area contributed by atoms with Gasteiger partial charge in [-0.15, -0.1) is 0 Å². The lowest BCUT2D eigenvalue weighted by Gasteiger charge is -2.32. The van der Waals surface area contributed by atoms with E-state index in [4.69, 9.17) is 5.73 Å². The maximum atomic E-state index is 13.3. The maximum Gasteiger partial charge on any atom is 0.282 e. The number of piperazine rings is 1. The van der Waals surface area contributed by atoms with Crippen molar-refractivity contribution in [2.75, 3.05) is 39.8 Å². The summed E-state index contributed by atoms with van der Waals surface area (Å²) < 4.78 is 1.25. The van der Waals surface area contributed by atoms with Gasteiger partial charge in [-0.05, 0) is 44.2 Å². The van der Waals surface area contributed by atoms with Gasteiger partial charge in [0.1, 0.15) is 12.2 Å². The maximum absolute atomic E-state index is 13.3. The van der Waals surface area contributed by atoms with Gasteiger partial charge in [-0.25, -0.2) is 4.98 Å². The fraction of sp³-hybridized carbons (Fsp3) is 0.571. The Hall–Kier alpha value is -2.37. The third kappa shape index (κ3) is 4.78. The molecule has 10 nitrogen and oxygen atoms in total. The Bertz CT molecular complexity index is 1020. The first-order chi connectivity index (χ1) is 14.6. The van der Waals surface area contributed by atoms with Crippen LogP contribution in [0.15, 0.2) is 16.9 Å². The second-order valence-corrected chi connectivity index (χ2v) is 8.26. The summed E-state index contributed by atoms with van der Waals surface area (Å²) in [5.74, 6) is -0.455. The fourth-order valence-electron chi connectivity index (χ4n) is 3.67. The number of aliphatic hydroxyl groups excluding tert-OH is 3. The number of fused-ring (bicyclic) bond motifs is 1. The van der Waals surface area contributed by atoms with Gasteiger partial charge in [-0.2, -0.15) is 0 Å². The van der Waals surface area contributed by atoms with Crippen molar-refractivity contribution >= 4 is 16.9 Å². The monoisotopic (exact) mass is 433 g/mol. The van der Waals surface area contributed by atoms with E-state index in [1.54, 1.807) is 17.0 Å².